The summed E-state index contributed by atoms with van der Waals surface area (Å²) in [6.07, 6.45) is -0.140. The first-order valence-corrected chi connectivity index (χ1v) is 7.68. The average molecular weight is 340 g/mol. The fourth-order valence-corrected chi connectivity index (χ4v) is 2.62. The van der Waals surface area contributed by atoms with Crippen LogP contribution in [-0.2, 0) is 9.53 Å². The Morgan fingerprint density at radius 2 is 2.00 bits per heavy atom. The Morgan fingerprint density at radius 1 is 1.26 bits per heavy atom. The molecule has 6 nitrogen and oxygen atoms in total. The number of hydrogen-bond donors (Lipinski definition) is 2. The minimum absolute atomic E-state index is 0. The molecular formula is C16H22ClN3O3. The second-order valence-electron chi connectivity index (χ2n) is 5.71. The van der Waals surface area contributed by atoms with Crippen molar-refractivity contribution in [1.29, 1.82) is 0 Å². The van der Waals surface area contributed by atoms with Crippen molar-refractivity contribution in [3.05, 3.63) is 35.9 Å². The van der Waals surface area contributed by atoms with Crippen molar-refractivity contribution in [3.8, 4) is 0 Å². The lowest BCUT2D eigenvalue weighted by molar-refractivity contribution is -0.127. The Kier molecular flexibility index (Phi) is 6.38. The first kappa shape index (κ1) is 17.7. The van der Waals surface area contributed by atoms with Gasteiger partial charge in [-0.1, -0.05) is 18.2 Å². The van der Waals surface area contributed by atoms with Gasteiger partial charge in [-0.25, -0.2) is 0 Å². The van der Waals surface area contributed by atoms with E-state index in [2.05, 4.69) is 10.6 Å². The SMILES string of the molecule is Cl.O=C(NCC1CN(C(=O)c2ccccc2)CCO1)C1CNC1. The van der Waals surface area contributed by atoms with E-state index in [1.807, 2.05) is 30.3 Å². The lowest BCUT2D eigenvalue weighted by Gasteiger charge is -2.34. The minimum atomic E-state index is -0.140. The highest BCUT2D eigenvalue weighted by molar-refractivity contribution is 5.94. The standard InChI is InChI=1S/C16H21N3O3.ClH/c20-15(13-8-17-9-13)18-10-14-11-19(6-7-22-14)16(21)12-4-2-1-3-5-12;/h1-5,13-14,17H,6-11H2,(H,18,20);1H. The van der Waals surface area contributed by atoms with Gasteiger partial charge in [0.1, 0.15) is 0 Å². The van der Waals surface area contributed by atoms with Gasteiger partial charge in [-0.3, -0.25) is 9.59 Å². The number of nitrogens with one attached hydrogen (secondary N) is 2. The largest absolute Gasteiger partial charge is 0.373 e. The number of carbonyl (C=O) groups is 2. The summed E-state index contributed by atoms with van der Waals surface area (Å²) in [5.74, 6) is 0.155. The highest BCUT2D eigenvalue weighted by atomic mass is 35.5. The first-order valence-electron chi connectivity index (χ1n) is 7.68. The second kappa shape index (κ2) is 8.29. The average Bonchev–Trinajstić information content (AvgIpc) is 2.52. The molecule has 0 saturated carbocycles. The molecule has 2 aliphatic rings. The van der Waals surface area contributed by atoms with Gasteiger partial charge in [0, 0.05) is 38.3 Å². The van der Waals surface area contributed by atoms with E-state index in [1.54, 1.807) is 4.90 Å². The van der Waals surface area contributed by atoms with Gasteiger partial charge in [0.15, 0.2) is 0 Å². The van der Waals surface area contributed by atoms with E-state index in [4.69, 9.17) is 4.74 Å². The lowest BCUT2D eigenvalue weighted by Crippen LogP contribution is -2.54. The number of halogens is 1. The number of benzene rings is 1. The molecular weight excluding hydrogens is 318 g/mol. The monoisotopic (exact) mass is 339 g/mol. The summed E-state index contributed by atoms with van der Waals surface area (Å²) in [5, 5.41) is 5.99. The Morgan fingerprint density at radius 3 is 2.65 bits per heavy atom. The number of ether oxygens (including phenoxy) is 1. The molecule has 0 bridgehead atoms. The first-order chi connectivity index (χ1) is 10.7. The third-order valence-electron chi connectivity index (χ3n) is 4.10. The summed E-state index contributed by atoms with van der Waals surface area (Å²) in [7, 11) is 0. The molecule has 0 aromatic heterocycles. The highest BCUT2D eigenvalue weighted by Gasteiger charge is 2.28. The maximum Gasteiger partial charge on any atom is 0.254 e. The summed E-state index contributed by atoms with van der Waals surface area (Å²) < 4.78 is 5.65. The van der Waals surface area contributed by atoms with Gasteiger partial charge in [0.25, 0.3) is 5.91 Å². The van der Waals surface area contributed by atoms with Crippen molar-refractivity contribution < 1.29 is 14.3 Å². The van der Waals surface area contributed by atoms with Crippen LogP contribution in [0.5, 0.6) is 0 Å². The van der Waals surface area contributed by atoms with Gasteiger partial charge < -0.3 is 20.3 Å². The topological polar surface area (TPSA) is 70.7 Å². The van der Waals surface area contributed by atoms with Gasteiger partial charge in [-0.15, -0.1) is 12.4 Å². The Labute approximate surface area is 142 Å². The molecule has 126 valence electrons. The number of hydrogen-bond acceptors (Lipinski definition) is 4. The van der Waals surface area contributed by atoms with Crippen LogP contribution in [0.15, 0.2) is 30.3 Å². The number of amides is 2. The van der Waals surface area contributed by atoms with E-state index >= 15 is 0 Å². The predicted molar refractivity (Wildman–Crippen MR) is 88.7 cm³/mol. The maximum atomic E-state index is 12.4. The summed E-state index contributed by atoms with van der Waals surface area (Å²) in [4.78, 5) is 26.0. The van der Waals surface area contributed by atoms with Crippen LogP contribution in [0.4, 0.5) is 0 Å². The zero-order valence-electron chi connectivity index (χ0n) is 12.9. The van der Waals surface area contributed by atoms with Crippen LogP contribution in [0.1, 0.15) is 10.4 Å². The summed E-state index contributed by atoms with van der Waals surface area (Å²) in [6.45, 7) is 3.55. The van der Waals surface area contributed by atoms with Crippen molar-refractivity contribution in [1.82, 2.24) is 15.5 Å². The Bertz CT molecular complexity index is 537. The van der Waals surface area contributed by atoms with Crippen molar-refractivity contribution in [2.75, 3.05) is 39.3 Å². The molecule has 0 spiro atoms. The molecule has 0 radical (unpaired) electrons. The molecule has 1 aromatic rings. The summed E-state index contributed by atoms with van der Waals surface area (Å²) in [5.41, 5.74) is 0.688. The summed E-state index contributed by atoms with van der Waals surface area (Å²) >= 11 is 0. The molecule has 1 aromatic carbocycles. The van der Waals surface area contributed by atoms with Gasteiger partial charge >= 0.3 is 0 Å². The van der Waals surface area contributed by atoms with Crippen molar-refractivity contribution >= 4 is 24.2 Å². The molecule has 1 atom stereocenters. The van der Waals surface area contributed by atoms with E-state index in [-0.39, 0.29) is 36.2 Å². The smallest absolute Gasteiger partial charge is 0.254 e. The highest BCUT2D eigenvalue weighted by Crippen LogP contribution is 2.11. The van der Waals surface area contributed by atoms with Gasteiger partial charge in [0.2, 0.25) is 5.91 Å². The number of rotatable bonds is 4. The molecule has 3 rings (SSSR count). The van der Waals surface area contributed by atoms with Gasteiger partial charge in [-0.2, -0.15) is 0 Å². The minimum Gasteiger partial charge on any atom is -0.373 e. The van der Waals surface area contributed by atoms with E-state index in [9.17, 15) is 9.59 Å². The van der Waals surface area contributed by atoms with Crippen LogP contribution < -0.4 is 10.6 Å². The molecule has 2 N–H and O–H groups in total. The number of carbonyl (C=O) groups excluding carboxylic acids is 2. The van der Waals surface area contributed by atoms with Crippen LogP contribution in [0.25, 0.3) is 0 Å². The maximum absolute atomic E-state index is 12.4. The third-order valence-corrected chi connectivity index (χ3v) is 4.10. The van der Waals surface area contributed by atoms with Crippen molar-refractivity contribution in [3.63, 3.8) is 0 Å². The molecule has 1 unspecified atom stereocenters. The van der Waals surface area contributed by atoms with Crippen LogP contribution in [0.2, 0.25) is 0 Å². The molecule has 2 fully saturated rings. The number of nitrogens with zero attached hydrogens (tertiary/aromatic N) is 1. The van der Waals surface area contributed by atoms with Crippen molar-refractivity contribution in [2.24, 2.45) is 5.92 Å². The van der Waals surface area contributed by atoms with Crippen LogP contribution in [-0.4, -0.2) is 62.1 Å². The van der Waals surface area contributed by atoms with Crippen LogP contribution >= 0.6 is 12.4 Å². The molecule has 23 heavy (non-hydrogen) atoms. The van der Waals surface area contributed by atoms with Crippen LogP contribution in [0.3, 0.4) is 0 Å². The van der Waals surface area contributed by atoms with E-state index in [0.717, 1.165) is 13.1 Å². The zero-order chi connectivity index (χ0) is 15.4. The number of morpholine rings is 1. The second-order valence-corrected chi connectivity index (χ2v) is 5.71. The summed E-state index contributed by atoms with van der Waals surface area (Å²) in [6, 6.07) is 9.25. The molecule has 7 heteroatoms. The van der Waals surface area contributed by atoms with Gasteiger partial charge in [-0.05, 0) is 12.1 Å². The quantitative estimate of drug-likeness (QED) is 0.827. The molecule has 0 aliphatic carbocycles. The predicted octanol–water partition coefficient (Wildman–Crippen LogP) is 0.285. The van der Waals surface area contributed by atoms with Gasteiger partial charge in [0.05, 0.1) is 18.6 Å². The Balaban J connectivity index is 0.00000192. The molecule has 2 saturated heterocycles. The van der Waals surface area contributed by atoms with Crippen molar-refractivity contribution in [2.45, 2.75) is 6.10 Å². The third kappa shape index (κ3) is 4.43. The zero-order valence-corrected chi connectivity index (χ0v) is 13.7. The fraction of sp³-hybridized carbons (Fsp3) is 0.500. The lowest BCUT2D eigenvalue weighted by atomic mass is 10.0. The molecule has 2 amide bonds. The van der Waals surface area contributed by atoms with E-state index < -0.39 is 0 Å². The normalized spacial score (nSPS) is 21.0. The fourth-order valence-electron chi connectivity index (χ4n) is 2.62. The van der Waals surface area contributed by atoms with E-state index in [0.29, 0.717) is 31.8 Å². The Hall–Kier alpha value is -1.63. The molecule has 2 heterocycles. The van der Waals surface area contributed by atoms with E-state index in [1.165, 1.54) is 0 Å². The van der Waals surface area contributed by atoms with Crippen LogP contribution in [0, 0.1) is 5.92 Å². The molecule has 2 aliphatic heterocycles.